The summed E-state index contributed by atoms with van der Waals surface area (Å²) in [5, 5.41) is 13.6. The number of benzene rings is 1. The third kappa shape index (κ3) is 4.56. The Labute approximate surface area is 123 Å². The summed E-state index contributed by atoms with van der Waals surface area (Å²) >= 11 is 6.10. The molecular weight excluding hydrogens is 278 g/mol. The van der Waals surface area contributed by atoms with Crippen molar-refractivity contribution in [1.29, 1.82) is 0 Å². The molecule has 1 heterocycles. The van der Waals surface area contributed by atoms with Gasteiger partial charge in [-0.2, -0.15) is 0 Å². The molecule has 0 spiro atoms. The Morgan fingerprint density at radius 1 is 1.40 bits per heavy atom. The van der Waals surface area contributed by atoms with Crippen LogP contribution in [0.1, 0.15) is 11.3 Å². The highest BCUT2D eigenvalue weighted by Crippen LogP contribution is 2.22. The third-order valence-corrected chi connectivity index (χ3v) is 3.10. The van der Waals surface area contributed by atoms with Crippen LogP contribution < -0.4 is 5.32 Å². The molecule has 4 nitrogen and oxygen atoms in total. The number of anilines is 1. The van der Waals surface area contributed by atoms with Crippen LogP contribution in [0, 0.1) is 6.92 Å². The quantitative estimate of drug-likeness (QED) is 0.823. The standard InChI is InChI=1S/C15H18ClNO3/c1-11-4-5-15(14(16)7-11)17-8-12(18)9-19-10-13-3-2-6-20-13/h2-7,12,17-18H,8-10H2,1H3. The fraction of sp³-hybridized carbons (Fsp3) is 0.333. The van der Waals surface area contributed by atoms with Gasteiger partial charge in [-0.25, -0.2) is 0 Å². The summed E-state index contributed by atoms with van der Waals surface area (Å²) in [5.74, 6) is 0.742. The lowest BCUT2D eigenvalue weighted by molar-refractivity contribution is 0.0282. The molecule has 0 bridgehead atoms. The average Bonchev–Trinajstić information content (AvgIpc) is 2.91. The lowest BCUT2D eigenvalue weighted by Gasteiger charge is -2.14. The second-order valence-electron chi connectivity index (χ2n) is 4.61. The van der Waals surface area contributed by atoms with Crippen molar-refractivity contribution in [3.05, 3.63) is 52.9 Å². The SMILES string of the molecule is Cc1ccc(NCC(O)COCc2ccco2)c(Cl)c1. The molecule has 1 unspecified atom stereocenters. The number of hydrogen-bond donors (Lipinski definition) is 2. The minimum Gasteiger partial charge on any atom is -0.467 e. The van der Waals surface area contributed by atoms with Crippen molar-refractivity contribution in [3.8, 4) is 0 Å². The van der Waals surface area contributed by atoms with Crippen LogP contribution in [0.25, 0.3) is 0 Å². The van der Waals surface area contributed by atoms with E-state index < -0.39 is 6.10 Å². The van der Waals surface area contributed by atoms with E-state index in [1.54, 1.807) is 12.3 Å². The van der Waals surface area contributed by atoms with E-state index in [1.807, 2.05) is 31.2 Å². The van der Waals surface area contributed by atoms with Gasteiger partial charge in [-0.15, -0.1) is 0 Å². The maximum absolute atomic E-state index is 9.82. The summed E-state index contributed by atoms with van der Waals surface area (Å²) in [6.07, 6.45) is 0.984. The molecule has 1 aromatic carbocycles. The lowest BCUT2D eigenvalue weighted by Crippen LogP contribution is -2.24. The fourth-order valence-electron chi connectivity index (χ4n) is 1.74. The zero-order valence-corrected chi connectivity index (χ0v) is 12.1. The first-order chi connectivity index (χ1) is 9.65. The lowest BCUT2D eigenvalue weighted by atomic mass is 10.2. The normalized spacial score (nSPS) is 12.3. The van der Waals surface area contributed by atoms with Gasteiger partial charge in [0, 0.05) is 6.54 Å². The van der Waals surface area contributed by atoms with E-state index in [0.717, 1.165) is 17.0 Å². The molecular formula is C15H18ClNO3. The Balaban J connectivity index is 1.70. The summed E-state index contributed by atoms with van der Waals surface area (Å²) in [6.45, 7) is 2.94. The van der Waals surface area contributed by atoms with E-state index >= 15 is 0 Å². The monoisotopic (exact) mass is 295 g/mol. The van der Waals surface area contributed by atoms with Gasteiger partial charge in [0.15, 0.2) is 0 Å². The molecule has 1 atom stereocenters. The second-order valence-corrected chi connectivity index (χ2v) is 5.02. The van der Waals surface area contributed by atoms with Gasteiger partial charge in [-0.1, -0.05) is 17.7 Å². The van der Waals surface area contributed by atoms with Gasteiger partial charge in [0.25, 0.3) is 0 Å². The van der Waals surface area contributed by atoms with Crippen molar-refractivity contribution in [3.63, 3.8) is 0 Å². The van der Waals surface area contributed by atoms with Crippen molar-refractivity contribution in [2.45, 2.75) is 19.6 Å². The molecule has 0 aliphatic rings. The first-order valence-electron chi connectivity index (χ1n) is 6.43. The molecule has 108 valence electrons. The molecule has 2 N–H and O–H groups in total. The van der Waals surface area contributed by atoms with Gasteiger partial charge < -0.3 is 19.6 Å². The van der Waals surface area contributed by atoms with Crippen LogP contribution in [-0.4, -0.2) is 24.4 Å². The Kier molecular flexibility index (Phi) is 5.47. The molecule has 0 aliphatic heterocycles. The number of nitrogens with one attached hydrogen (secondary N) is 1. The number of furan rings is 1. The Hall–Kier alpha value is -1.49. The van der Waals surface area contributed by atoms with Crippen molar-refractivity contribution >= 4 is 17.3 Å². The van der Waals surface area contributed by atoms with Crippen LogP contribution in [0.5, 0.6) is 0 Å². The Morgan fingerprint density at radius 3 is 2.95 bits per heavy atom. The number of aryl methyl sites for hydroxylation is 1. The highest BCUT2D eigenvalue weighted by atomic mass is 35.5. The van der Waals surface area contributed by atoms with E-state index in [4.69, 9.17) is 20.8 Å². The topological polar surface area (TPSA) is 54.6 Å². The van der Waals surface area contributed by atoms with E-state index in [0.29, 0.717) is 18.2 Å². The molecule has 2 aromatic rings. The summed E-state index contributed by atoms with van der Waals surface area (Å²) in [7, 11) is 0. The van der Waals surface area contributed by atoms with E-state index in [-0.39, 0.29) is 6.61 Å². The zero-order valence-electron chi connectivity index (χ0n) is 11.3. The molecule has 20 heavy (non-hydrogen) atoms. The van der Waals surface area contributed by atoms with E-state index in [9.17, 15) is 5.11 Å². The number of hydrogen-bond acceptors (Lipinski definition) is 4. The van der Waals surface area contributed by atoms with Gasteiger partial charge in [0.05, 0.1) is 29.7 Å². The summed E-state index contributed by atoms with van der Waals surface area (Å²) in [5.41, 5.74) is 1.91. The maximum atomic E-state index is 9.82. The van der Waals surface area contributed by atoms with Crippen LogP contribution in [0.2, 0.25) is 5.02 Å². The third-order valence-electron chi connectivity index (χ3n) is 2.79. The van der Waals surface area contributed by atoms with Crippen LogP contribution in [0.15, 0.2) is 41.0 Å². The molecule has 0 aliphatic carbocycles. The molecule has 0 amide bonds. The first-order valence-corrected chi connectivity index (χ1v) is 6.81. The molecule has 1 aromatic heterocycles. The summed E-state index contributed by atoms with van der Waals surface area (Å²) in [4.78, 5) is 0. The minimum atomic E-state index is -0.609. The molecule has 5 heteroatoms. The molecule has 2 rings (SSSR count). The largest absolute Gasteiger partial charge is 0.467 e. The Bertz CT molecular complexity index is 528. The fourth-order valence-corrected chi connectivity index (χ4v) is 2.04. The van der Waals surface area contributed by atoms with Gasteiger partial charge in [-0.3, -0.25) is 0 Å². The number of ether oxygens (including phenoxy) is 1. The number of halogens is 1. The predicted octanol–water partition coefficient (Wildman–Crippen LogP) is 3.23. The predicted molar refractivity (Wildman–Crippen MR) is 79.0 cm³/mol. The van der Waals surface area contributed by atoms with Crippen LogP contribution in [0.3, 0.4) is 0 Å². The number of rotatable bonds is 7. The average molecular weight is 296 g/mol. The highest BCUT2D eigenvalue weighted by molar-refractivity contribution is 6.33. The van der Waals surface area contributed by atoms with Crippen molar-refractivity contribution in [1.82, 2.24) is 0 Å². The van der Waals surface area contributed by atoms with Gasteiger partial charge in [0.2, 0.25) is 0 Å². The molecule has 0 radical (unpaired) electrons. The molecule has 0 fully saturated rings. The van der Waals surface area contributed by atoms with Crippen molar-refractivity contribution < 1.29 is 14.3 Å². The minimum absolute atomic E-state index is 0.233. The maximum Gasteiger partial charge on any atom is 0.129 e. The summed E-state index contributed by atoms with van der Waals surface area (Å²) < 4.78 is 10.5. The first kappa shape index (κ1) is 14.9. The van der Waals surface area contributed by atoms with Gasteiger partial charge >= 0.3 is 0 Å². The van der Waals surface area contributed by atoms with E-state index in [2.05, 4.69) is 5.32 Å². The number of aliphatic hydroxyl groups excluding tert-OH is 1. The second kappa shape index (κ2) is 7.33. The molecule has 0 saturated carbocycles. The van der Waals surface area contributed by atoms with Crippen LogP contribution in [0.4, 0.5) is 5.69 Å². The van der Waals surface area contributed by atoms with E-state index in [1.165, 1.54) is 0 Å². The Morgan fingerprint density at radius 2 is 2.25 bits per heavy atom. The van der Waals surface area contributed by atoms with Crippen molar-refractivity contribution in [2.75, 3.05) is 18.5 Å². The smallest absolute Gasteiger partial charge is 0.129 e. The van der Waals surface area contributed by atoms with Gasteiger partial charge in [0.1, 0.15) is 12.4 Å². The summed E-state index contributed by atoms with van der Waals surface area (Å²) in [6, 6.07) is 9.37. The van der Waals surface area contributed by atoms with Crippen molar-refractivity contribution in [2.24, 2.45) is 0 Å². The van der Waals surface area contributed by atoms with Gasteiger partial charge in [-0.05, 0) is 36.8 Å². The highest BCUT2D eigenvalue weighted by Gasteiger charge is 2.07. The van der Waals surface area contributed by atoms with Crippen LogP contribution in [-0.2, 0) is 11.3 Å². The van der Waals surface area contributed by atoms with Crippen LogP contribution >= 0.6 is 11.6 Å². The number of aliphatic hydroxyl groups is 1. The zero-order chi connectivity index (χ0) is 14.4. The molecule has 0 saturated heterocycles.